The van der Waals surface area contributed by atoms with Crippen LogP contribution in [0.15, 0.2) is 22.3 Å². The van der Waals surface area contributed by atoms with E-state index in [9.17, 15) is 4.39 Å². The van der Waals surface area contributed by atoms with Crippen molar-refractivity contribution < 1.29 is 9.13 Å². The van der Waals surface area contributed by atoms with Crippen LogP contribution in [0.1, 0.15) is 27.7 Å². The van der Waals surface area contributed by atoms with Crippen LogP contribution in [0.2, 0.25) is 5.02 Å². The molecule has 0 saturated heterocycles. The zero-order chi connectivity index (χ0) is 16.8. The van der Waals surface area contributed by atoms with E-state index in [1.807, 2.05) is 18.4 Å². The summed E-state index contributed by atoms with van der Waals surface area (Å²) in [5, 5.41) is 1.17. The molecule has 0 amide bonds. The molecule has 23 heavy (non-hydrogen) atoms. The molecule has 0 atom stereocenters. The average Bonchev–Trinajstić information content (AvgIpc) is 2.91. The standard InChI is InChI=1S/C15H17ClFN3OS2/c1-8(2)21-12-6-11(10(17)5-9(12)16)18-13-20-7-15(3,4)22-14(20)19-23-13/h5-6,8H,7H2,1-4H3. The van der Waals surface area contributed by atoms with E-state index in [-0.39, 0.29) is 21.6 Å². The van der Waals surface area contributed by atoms with Gasteiger partial charge in [0.25, 0.3) is 0 Å². The third-order valence-corrected chi connectivity index (χ3v) is 5.48. The van der Waals surface area contributed by atoms with Crippen molar-refractivity contribution in [1.29, 1.82) is 0 Å². The Hall–Kier alpha value is -1.05. The molecule has 2 heterocycles. The van der Waals surface area contributed by atoms with Crippen molar-refractivity contribution >= 4 is 40.6 Å². The highest BCUT2D eigenvalue weighted by molar-refractivity contribution is 8.00. The summed E-state index contributed by atoms with van der Waals surface area (Å²) in [6.45, 7) is 8.88. The molecule has 124 valence electrons. The summed E-state index contributed by atoms with van der Waals surface area (Å²) in [5.41, 5.74) is 0.207. The fourth-order valence-corrected chi connectivity index (χ4v) is 4.37. The smallest absolute Gasteiger partial charge is 0.210 e. The number of aromatic nitrogens is 2. The predicted molar refractivity (Wildman–Crippen MR) is 92.4 cm³/mol. The fraction of sp³-hybridized carbons (Fsp3) is 0.467. The third-order valence-electron chi connectivity index (χ3n) is 3.15. The number of hydrogen-bond acceptors (Lipinski definition) is 5. The van der Waals surface area contributed by atoms with Crippen LogP contribution in [-0.2, 0) is 6.54 Å². The lowest BCUT2D eigenvalue weighted by Crippen LogP contribution is -2.21. The molecule has 1 aromatic heterocycles. The minimum Gasteiger partial charge on any atom is -0.489 e. The van der Waals surface area contributed by atoms with E-state index < -0.39 is 5.82 Å². The first-order valence-corrected chi connectivity index (χ1v) is 9.18. The molecule has 0 fully saturated rings. The zero-order valence-corrected chi connectivity index (χ0v) is 15.7. The molecule has 0 saturated carbocycles. The first-order chi connectivity index (χ1) is 10.7. The van der Waals surface area contributed by atoms with Gasteiger partial charge in [-0.05, 0) is 33.8 Å². The lowest BCUT2D eigenvalue weighted by molar-refractivity contribution is 0.242. The molecule has 1 aliphatic heterocycles. The number of benzene rings is 1. The summed E-state index contributed by atoms with van der Waals surface area (Å²) in [5.74, 6) is -0.0403. The van der Waals surface area contributed by atoms with Crippen molar-refractivity contribution in [2.45, 2.75) is 50.2 Å². The summed E-state index contributed by atoms with van der Waals surface area (Å²) >= 11 is 9.00. The van der Waals surface area contributed by atoms with Crippen LogP contribution in [0.4, 0.5) is 10.1 Å². The highest BCUT2D eigenvalue weighted by Gasteiger charge is 2.31. The van der Waals surface area contributed by atoms with E-state index in [0.717, 1.165) is 11.7 Å². The molecule has 8 heteroatoms. The van der Waals surface area contributed by atoms with Crippen molar-refractivity contribution in [3.8, 4) is 5.75 Å². The maximum absolute atomic E-state index is 14.2. The number of fused-ring (bicyclic) bond motifs is 1. The Labute approximate surface area is 147 Å². The van der Waals surface area contributed by atoms with Gasteiger partial charge in [0.1, 0.15) is 11.4 Å². The first kappa shape index (κ1) is 16.8. The average molecular weight is 374 g/mol. The molecule has 0 aliphatic carbocycles. The summed E-state index contributed by atoms with van der Waals surface area (Å²) in [6, 6.07) is 2.78. The quantitative estimate of drug-likeness (QED) is 0.786. The molecule has 0 radical (unpaired) electrons. The van der Waals surface area contributed by atoms with Crippen molar-refractivity contribution in [3.05, 3.63) is 27.8 Å². The van der Waals surface area contributed by atoms with Gasteiger partial charge in [-0.3, -0.25) is 4.57 Å². The highest BCUT2D eigenvalue weighted by Crippen LogP contribution is 2.39. The number of thioether (sulfide) groups is 1. The second-order valence-corrected chi connectivity index (χ2v) is 9.02. The summed E-state index contributed by atoms with van der Waals surface area (Å²) in [7, 11) is 0. The summed E-state index contributed by atoms with van der Waals surface area (Å²) in [6.07, 6.45) is -0.0509. The van der Waals surface area contributed by atoms with Crippen molar-refractivity contribution in [2.75, 3.05) is 0 Å². The first-order valence-electron chi connectivity index (χ1n) is 7.21. The van der Waals surface area contributed by atoms with Gasteiger partial charge in [0.05, 0.1) is 11.1 Å². The van der Waals surface area contributed by atoms with Gasteiger partial charge in [0, 0.05) is 28.9 Å². The minimum absolute atomic E-state index is 0.0509. The molecular formula is C15H17ClFN3OS2. The molecule has 0 unspecified atom stereocenters. The molecule has 0 spiro atoms. The van der Waals surface area contributed by atoms with Crippen LogP contribution in [0.3, 0.4) is 0 Å². The van der Waals surface area contributed by atoms with Gasteiger partial charge < -0.3 is 4.74 Å². The van der Waals surface area contributed by atoms with Gasteiger partial charge in [0.15, 0.2) is 11.0 Å². The lowest BCUT2D eigenvalue weighted by atomic mass is 10.2. The van der Waals surface area contributed by atoms with Gasteiger partial charge >= 0.3 is 0 Å². The molecule has 2 aromatic rings. The molecule has 0 bridgehead atoms. The van der Waals surface area contributed by atoms with Gasteiger partial charge in [-0.2, -0.15) is 4.37 Å². The molecule has 3 rings (SSSR count). The van der Waals surface area contributed by atoms with Crippen molar-refractivity contribution in [1.82, 2.24) is 8.94 Å². The zero-order valence-electron chi connectivity index (χ0n) is 13.3. The Balaban J connectivity index is 2.04. The van der Waals surface area contributed by atoms with Crippen molar-refractivity contribution in [3.63, 3.8) is 0 Å². The second-order valence-electron chi connectivity index (χ2n) is 6.21. The Kier molecular flexibility index (Phi) is 4.46. The van der Waals surface area contributed by atoms with Gasteiger partial charge in [0.2, 0.25) is 4.80 Å². The van der Waals surface area contributed by atoms with E-state index in [1.54, 1.807) is 11.8 Å². The Morgan fingerprint density at radius 3 is 2.87 bits per heavy atom. The highest BCUT2D eigenvalue weighted by atomic mass is 35.5. The van der Waals surface area contributed by atoms with Gasteiger partial charge in [-0.15, -0.1) is 0 Å². The van der Waals surface area contributed by atoms with Crippen LogP contribution >= 0.6 is 34.9 Å². The van der Waals surface area contributed by atoms with E-state index in [4.69, 9.17) is 16.3 Å². The largest absolute Gasteiger partial charge is 0.489 e. The SMILES string of the molecule is CC(C)Oc1cc(N=c2snc3n2CC(C)(C)S3)c(F)cc1Cl. The van der Waals surface area contributed by atoms with Gasteiger partial charge in [-0.25, -0.2) is 9.38 Å². The summed E-state index contributed by atoms with van der Waals surface area (Å²) in [4.78, 5) is 5.11. The van der Waals surface area contributed by atoms with E-state index in [0.29, 0.717) is 10.6 Å². The number of hydrogen-bond donors (Lipinski definition) is 0. The summed E-state index contributed by atoms with van der Waals surface area (Å²) < 4.78 is 26.3. The molecule has 1 aliphatic rings. The van der Waals surface area contributed by atoms with Crippen LogP contribution < -0.4 is 9.54 Å². The predicted octanol–water partition coefficient (Wildman–Crippen LogP) is 4.64. The fourth-order valence-electron chi connectivity index (χ4n) is 2.26. The molecule has 4 nitrogen and oxygen atoms in total. The van der Waals surface area contributed by atoms with Crippen LogP contribution in [0.5, 0.6) is 5.75 Å². The maximum atomic E-state index is 14.2. The maximum Gasteiger partial charge on any atom is 0.210 e. The monoisotopic (exact) mass is 373 g/mol. The second kappa shape index (κ2) is 6.11. The van der Waals surface area contributed by atoms with E-state index >= 15 is 0 Å². The topological polar surface area (TPSA) is 39.4 Å². The van der Waals surface area contributed by atoms with E-state index in [2.05, 4.69) is 23.2 Å². The third kappa shape index (κ3) is 3.56. The van der Waals surface area contributed by atoms with E-state index in [1.165, 1.54) is 23.7 Å². The molecule has 1 aromatic carbocycles. The number of nitrogens with zero attached hydrogens (tertiary/aromatic N) is 3. The number of halogens is 2. The Morgan fingerprint density at radius 1 is 1.43 bits per heavy atom. The Morgan fingerprint density at radius 2 is 2.17 bits per heavy atom. The lowest BCUT2D eigenvalue weighted by Gasteiger charge is -2.13. The Bertz CT molecular complexity index is 814. The normalized spacial score (nSPS) is 16.9. The van der Waals surface area contributed by atoms with Crippen molar-refractivity contribution in [2.24, 2.45) is 4.99 Å². The minimum atomic E-state index is -0.473. The molecule has 0 N–H and O–H groups in total. The van der Waals surface area contributed by atoms with Crippen LogP contribution in [0.25, 0.3) is 0 Å². The van der Waals surface area contributed by atoms with Crippen LogP contribution in [-0.4, -0.2) is 19.8 Å². The van der Waals surface area contributed by atoms with Gasteiger partial charge in [-0.1, -0.05) is 23.4 Å². The molecular weight excluding hydrogens is 357 g/mol. The van der Waals surface area contributed by atoms with Crippen LogP contribution in [0, 0.1) is 5.82 Å². The number of ether oxygens (including phenoxy) is 1. The number of rotatable bonds is 3.